The van der Waals surface area contributed by atoms with Crippen molar-refractivity contribution in [1.29, 1.82) is 0 Å². The lowest BCUT2D eigenvalue weighted by Crippen LogP contribution is -2.25. The molecule has 0 radical (unpaired) electrons. The number of fused-ring (bicyclic) bond motifs is 5. The number of aromatic nitrogens is 1. The van der Waals surface area contributed by atoms with Crippen LogP contribution < -0.4 is 5.32 Å². The molecule has 12 rings (SSSR count). The van der Waals surface area contributed by atoms with Gasteiger partial charge in [0.15, 0.2) is 0 Å². The average molecular weight is 805 g/mol. The lowest BCUT2D eigenvalue weighted by molar-refractivity contribution is 0.664. The summed E-state index contributed by atoms with van der Waals surface area (Å²) in [6.45, 7) is 0. The molecule has 0 saturated heterocycles. The van der Waals surface area contributed by atoms with Crippen LogP contribution in [0.3, 0.4) is 0 Å². The highest BCUT2D eigenvalue weighted by Crippen LogP contribution is 2.41. The summed E-state index contributed by atoms with van der Waals surface area (Å²) in [6, 6.07) is 83.6. The second-order valence-corrected chi connectivity index (χ2v) is 16.6. The summed E-state index contributed by atoms with van der Waals surface area (Å²) < 4.78 is 2.42. The molecule has 0 fully saturated rings. The van der Waals surface area contributed by atoms with E-state index in [-0.39, 0.29) is 12.2 Å². The van der Waals surface area contributed by atoms with Gasteiger partial charge in [-0.2, -0.15) is 0 Å². The summed E-state index contributed by atoms with van der Waals surface area (Å²) in [5, 5.41) is 16.4. The van der Waals surface area contributed by atoms with Gasteiger partial charge in [0, 0.05) is 22.2 Å². The van der Waals surface area contributed by atoms with Crippen LogP contribution in [-0.4, -0.2) is 4.57 Å². The fourth-order valence-electron chi connectivity index (χ4n) is 9.45. The zero-order chi connectivity index (χ0) is 41.7. The highest BCUT2D eigenvalue weighted by Gasteiger charge is 2.18. The van der Waals surface area contributed by atoms with Crippen LogP contribution in [0.5, 0.6) is 0 Å². The molecular weight excluding hydrogens is 763 g/mol. The molecule has 1 aliphatic heterocycles. The molecule has 1 aromatic heterocycles. The summed E-state index contributed by atoms with van der Waals surface area (Å²) in [4.78, 5) is 0. The maximum atomic E-state index is 5.20. The van der Waals surface area contributed by atoms with Crippen molar-refractivity contribution in [1.82, 2.24) is 9.88 Å². The molecule has 3 nitrogen and oxygen atoms in total. The average Bonchev–Trinajstić information content (AvgIpc) is 3.69. The maximum absolute atomic E-state index is 5.20. The molecule has 0 aliphatic carbocycles. The van der Waals surface area contributed by atoms with Gasteiger partial charge in [0.2, 0.25) is 0 Å². The van der Waals surface area contributed by atoms with Crippen LogP contribution in [0.1, 0.15) is 28.9 Å². The van der Waals surface area contributed by atoms with E-state index in [0.717, 1.165) is 22.5 Å². The molecule has 0 saturated carbocycles. The normalized spacial score (nSPS) is 15.1. The van der Waals surface area contributed by atoms with E-state index in [4.69, 9.17) is 5.32 Å². The first-order chi connectivity index (χ1) is 31.2. The van der Waals surface area contributed by atoms with Crippen molar-refractivity contribution in [3.8, 4) is 39.1 Å². The number of nitrogens with one attached hydrogen (secondary N) is 1. The quantitative estimate of drug-likeness (QED) is 0.171. The van der Waals surface area contributed by atoms with Crippen molar-refractivity contribution >= 4 is 49.0 Å². The number of hydrogen-bond donors (Lipinski definition) is 1. The molecule has 10 aromatic carbocycles. The summed E-state index contributed by atoms with van der Waals surface area (Å²) in [7, 11) is 0. The van der Waals surface area contributed by atoms with Gasteiger partial charge in [-0.05, 0) is 121 Å². The Bertz CT molecular complexity index is 3360. The molecule has 1 aliphatic rings. The Hall–Kier alpha value is -7.98. The van der Waals surface area contributed by atoms with Crippen molar-refractivity contribution < 1.29 is 0 Å². The zero-order valence-electron chi connectivity index (χ0n) is 34.6. The van der Waals surface area contributed by atoms with Crippen LogP contribution >= 0.6 is 0 Å². The smallest absolute Gasteiger partial charge is 0.0541 e. The van der Waals surface area contributed by atoms with Crippen LogP contribution in [0.4, 0.5) is 0 Å². The van der Waals surface area contributed by atoms with E-state index in [2.05, 4.69) is 246 Å². The lowest BCUT2D eigenvalue weighted by Gasteiger charge is -2.45. The third kappa shape index (κ3) is 6.86. The highest BCUT2D eigenvalue weighted by atomic mass is 15.2. The Balaban J connectivity index is 0.905. The predicted octanol–water partition coefficient (Wildman–Crippen LogP) is 15.8. The molecule has 3 heteroatoms. The van der Waals surface area contributed by atoms with E-state index in [9.17, 15) is 0 Å². The Morgan fingerprint density at radius 1 is 0.349 bits per heavy atom. The number of benzene rings is 10. The van der Waals surface area contributed by atoms with E-state index in [0.29, 0.717) is 0 Å². The molecule has 1 N–H and O–H groups in total. The second kappa shape index (κ2) is 15.5. The van der Waals surface area contributed by atoms with Crippen LogP contribution in [-0.2, 0) is 0 Å². The minimum absolute atomic E-state index is 0.0451. The van der Waals surface area contributed by atoms with Gasteiger partial charge in [-0.3, -0.25) is 0 Å². The molecule has 11 aromatic rings. The minimum atomic E-state index is -0.139. The molecule has 2 atom stereocenters. The summed E-state index contributed by atoms with van der Waals surface area (Å²) in [6.07, 6.45) is 2.11. The number of nitrogens with zero attached hydrogens (tertiary/aromatic N) is 2. The van der Waals surface area contributed by atoms with Crippen LogP contribution in [0, 0.1) is 0 Å². The van der Waals surface area contributed by atoms with Gasteiger partial charge in [-0.25, -0.2) is 0 Å². The van der Waals surface area contributed by atoms with Gasteiger partial charge < -0.3 is 15.2 Å². The molecule has 2 unspecified atom stereocenters. The highest BCUT2D eigenvalue weighted by molar-refractivity contribution is 6.12. The molecule has 2 heterocycles. The van der Waals surface area contributed by atoms with Gasteiger partial charge in [0.05, 0.1) is 11.0 Å². The van der Waals surface area contributed by atoms with Crippen LogP contribution in [0.15, 0.2) is 237 Å². The van der Waals surface area contributed by atoms with E-state index in [1.54, 1.807) is 0 Å². The lowest BCUT2D eigenvalue weighted by atomic mass is 9.97. The van der Waals surface area contributed by atoms with Crippen molar-refractivity contribution in [2.24, 2.45) is 0 Å². The Morgan fingerprint density at radius 2 is 0.778 bits per heavy atom. The predicted molar refractivity (Wildman–Crippen MR) is 265 cm³/mol. The number of hydrogen-bond acceptors (Lipinski definition) is 1. The fourth-order valence-corrected chi connectivity index (χ4v) is 9.45. The summed E-state index contributed by atoms with van der Waals surface area (Å²) in [5.74, 6) is 0. The van der Waals surface area contributed by atoms with E-state index in [1.165, 1.54) is 82.3 Å². The molecule has 0 amide bonds. The second-order valence-electron chi connectivity index (χ2n) is 16.6. The van der Waals surface area contributed by atoms with E-state index in [1.807, 2.05) is 0 Å². The molecular formula is C60H42N3-. The van der Waals surface area contributed by atoms with E-state index >= 15 is 0 Å². The zero-order valence-corrected chi connectivity index (χ0v) is 34.6. The first kappa shape index (κ1) is 36.8. The standard InChI is InChI=1S/C60H42N3/c1-3-13-44(14-4-1)56-39-57(62-60(61-56)46-15-5-2-6-16-46)45-23-19-42(20-24-45)43-27-31-53(32-28-43)63-58-33-29-51(49-25-21-40-11-7-9-17-47(40)35-49)37-54(58)55-38-52(30-34-59(55)63)50-26-22-41-12-8-10-18-48(41)36-50/h1-39,56,60,62H/q-1. The van der Waals surface area contributed by atoms with Crippen LogP contribution in [0.2, 0.25) is 0 Å². The fraction of sp³-hybridized carbons (Fsp3) is 0.0333. The molecule has 0 spiro atoms. The van der Waals surface area contributed by atoms with Gasteiger partial charge in [0.25, 0.3) is 0 Å². The Labute approximate surface area is 367 Å². The van der Waals surface area contributed by atoms with Crippen molar-refractivity contribution in [3.63, 3.8) is 0 Å². The first-order valence-electron chi connectivity index (χ1n) is 21.7. The van der Waals surface area contributed by atoms with Crippen molar-refractivity contribution in [2.45, 2.75) is 12.2 Å². The maximum Gasteiger partial charge on any atom is 0.0541 e. The minimum Gasteiger partial charge on any atom is -0.629 e. The van der Waals surface area contributed by atoms with Gasteiger partial charge in [-0.15, -0.1) is 0 Å². The topological polar surface area (TPSA) is 31.1 Å². The molecule has 0 bridgehead atoms. The molecule has 63 heavy (non-hydrogen) atoms. The van der Waals surface area contributed by atoms with Crippen LogP contribution in [0.25, 0.3) is 93.4 Å². The van der Waals surface area contributed by atoms with Gasteiger partial charge in [-0.1, -0.05) is 200 Å². The van der Waals surface area contributed by atoms with Gasteiger partial charge in [0.1, 0.15) is 0 Å². The third-order valence-corrected chi connectivity index (χ3v) is 12.8. The van der Waals surface area contributed by atoms with Crippen molar-refractivity contribution in [2.75, 3.05) is 0 Å². The van der Waals surface area contributed by atoms with Gasteiger partial charge >= 0.3 is 0 Å². The monoisotopic (exact) mass is 804 g/mol. The first-order valence-corrected chi connectivity index (χ1v) is 21.7. The summed E-state index contributed by atoms with van der Waals surface area (Å²) in [5.41, 5.74) is 15.3. The SMILES string of the molecule is C1=C(c2ccc(-c3ccc(-n4c5ccc(-c6ccc7ccccc7c6)cc5c5cc(-c6ccc7ccccc7c6)ccc54)cc3)cc2)NC(c2ccccc2)[N-]C1c1ccccc1. The van der Waals surface area contributed by atoms with Crippen molar-refractivity contribution in [3.05, 3.63) is 259 Å². The Morgan fingerprint density at radius 3 is 1.33 bits per heavy atom. The third-order valence-electron chi connectivity index (χ3n) is 12.8. The molecule has 298 valence electrons. The largest absolute Gasteiger partial charge is 0.629 e. The van der Waals surface area contributed by atoms with E-state index < -0.39 is 0 Å². The summed E-state index contributed by atoms with van der Waals surface area (Å²) >= 11 is 0. The Kier molecular flexibility index (Phi) is 9.06. The number of rotatable bonds is 7.